The monoisotopic (exact) mass is 474 g/mol. The van der Waals surface area contributed by atoms with Gasteiger partial charge in [-0.05, 0) is 40.9 Å². The van der Waals surface area contributed by atoms with Gasteiger partial charge in [0.15, 0.2) is 17.4 Å². The number of anilines is 1. The molecule has 0 amide bonds. The molecule has 0 saturated carbocycles. The molecule has 0 atom stereocenters. The van der Waals surface area contributed by atoms with E-state index < -0.39 is 0 Å². The molecule has 1 aliphatic heterocycles. The van der Waals surface area contributed by atoms with E-state index in [4.69, 9.17) is 0 Å². The average Bonchev–Trinajstić information content (AvgIpc) is 3.20. The van der Waals surface area contributed by atoms with Crippen LogP contribution < -0.4 is 4.90 Å². The molecule has 154 valence electrons. The van der Waals surface area contributed by atoms with Crippen LogP contribution in [0.25, 0.3) is 11.1 Å². The van der Waals surface area contributed by atoms with E-state index in [0.717, 1.165) is 39.9 Å². The molecule has 3 aromatic heterocycles. The molecule has 31 heavy (non-hydrogen) atoms. The van der Waals surface area contributed by atoms with Gasteiger partial charge in [-0.25, -0.2) is 19.5 Å². The van der Waals surface area contributed by atoms with Crippen LogP contribution >= 0.6 is 15.9 Å². The van der Waals surface area contributed by atoms with Crippen LogP contribution in [0.2, 0.25) is 0 Å². The number of ketones is 1. The molecule has 4 heterocycles. The lowest BCUT2D eigenvalue weighted by atomic mass is 10.0. The van der Waals surface area contributed by atoms with Gasteiger partial charge < -0.3 is 4.90 Å². The number of aromatic nitrogens is 5. The van der Waals surface area contributed by atoms with E-state index in [1.54, 1.807) is 18.7 Å². The van der Waals surface area contributed by atoms with E-state index in [-0.39, 0.29) is 5.78 Å². The fourth-order valence-electron chi connectivity index (χ4n) is 3.68. The molecule has 0 radical (unpaired) electrons. The number of nitrogens with zero attached hydrogens (tertiary/aromatic N) is 6. The maximum Gasteiger partial charge on any atom is 0.196 e. The molecule has 0 aliphatic carbocycles. The zero-order valence-electron chi connectivity index (χ0n) is 16.9. The molecule has 5 rings (SSSR count). The van der Waals surface area contributed by atoms with Gasteiger partial charge in [0, 0.05) is 41.7 Å². The number of carbonyl (C=O) groups excluding carboxylic acids is 1. The van der Waals surface area contributed by atoms with Crippen molar-refractivity contribution in [3.05, 3.63) is 88.3 Å². The molecule has 7 nitrogen and oxygen atoms in total. The Balaban J connectivity index is 1.33. The molecule has 0 spiro atoms. The quantitative estimate of drug-likeness (QED) is 0.414. The lowest BCUT2D eigenvalue weighted by molar-refractivity contribution is 0.103. The van der Waals surface area contributed by atoms with Crippen molar-refractivity contribution in [1.82, 2.24) is 24.6 Å². The molecule has 0 fully saturated rings. The zero-order chi connectivity index (χ0) is 21.4. The zero-order valence-corrected chi connectivity index (χ0v) is 18.5. The Bertz CT molecular complexity index is 1290. The minimum absolute atomic E-state index is 0.0681. The first kappa shape index (κ1) is 19.6. The molecule has 0 N–H and O–H groups in total. The average molecular weight is 475 g/mol. The van der Waals surface area contributed by atoms with E-state index in [2.05, 4.69) is 47.0 Å². The summed E-state index contributed by atoms with van der Waals surface area (Å²) in [5.74, 6) is 1.50. The molecule has 4 aromatic rings. The Labute approximate surface area is 187 Å². The van der Waals surface area contributed by atoms with Crippen LogP contribution in [0.4, 0.5) is 5.82 Å². The van der Waals surface area contributed by atoms with Gasteiger partial charge in [-0.2, -0.15) is 5.10 Å². The third-order valence-corrected chi connectivity index (χ3v) is 5.81. The van der Waals surface area contributed by atoms with E-state index >= 15 is 0 Å². The third kappa shape index (κ3) is 3.86. The molecular formula is C23H19BrN6O. The Hall–Kier alpha value is -3.39. The van der Waals surface area contributed by atoms with Crippen molar-refractivity contribution < 1.29 is 4.79 Å². The van der Waals surface area contributed by atoms with Gasteiger partial charge >= 0.3 is 0 Å². The van der Waals surface area contributed by atoms with Crippen LogP contribution in [-0.2, 0) is 0 Å². The summed E-state index contributed by atoms with van der Waals surface area (Å²) >= 11 is 3.50. The van der Waals surface area contributed by atoms with Gasteiger partial charge in [-0.3, -0.25) is 4.79 Å². The Morgan fingerprint density at radius 3 is 2.55 bits per heavy atom. The summed E-state index contributed by atoms with van der Waals surface area (Å²) < 4.78 is 2.79. The fraction of sp³-hybridized carbons (Fsp3) is 0.174. The lowest BCUT2D eigenvalue weighted by Gasteiger charge is -2.27. The van der Waals surface area contributed by atoms with E-state index in [1.807, 2.05) is 48.0 Å². The van der Waals surface area contributed by atoms with Crippen LogP contribution in [0.1, 0.15) is 33.7 Å². The highest BCUT2D eigenvalue weighted by Gasteiger charge is 2.19. The van der Waals surface area contributed by atoms with Crippen molar-refractivity contribution in [3.63, 3.8) is 0 Å². The summed E-state index contributed by atoms with van der Waals surface area (Å²) in [4.78, 5) is 28.3. The number of rotatable bonds is 4. The first-order chi connectivity index (χ1) is 15.1. The van der Waals surface area contributed by atoms with Gasteiger partial charge in [0.1, 0.15) is 11.8 Å². The predicted octanol–water partition coefficient (Wildman–Crippen LogP) is 4.11. The summed E-state index contributed by atoms with van der Waals surface area (Å²) in [5, 5.41) is 4.25. The Kier molecular flexibility index (Phi) is 5.07. The second kappa shape index (κ2) is 8.03. The maximum atomic E-state index is 12.6. The van der Waals surface area contributed by atoms with Gasteiger partial charge in [0.25, 0.3) is 0 Å². The molecular weight excluding hydrogens is 456 g/mol. The van der Waals surface area contributed by atoms with Crippen molar-refractivity contribution in [3.8, 4) is 0 Å². The van der Waals surface area contributed by atoms with Gasteiger partial charge in [0.2, 0.25) is 0 Å². The van der Waals surface area contributed by atoms with Gasteiger partial charge in [0.05, 0.1) is 5.56 Å². The van der Waals surface area contributed by atoms with Crippen LogP contribution in [0.5, 0.6) is 0 Å². The number of fused-ring (bicyclic) bond motifs is 1. The number of carbonyl (C=O) groups is 1. The van der Waals surface area contributed by atoms with Crippen LogP contribution in [0, 0.1) is 6.92 Å². The molecule has 1 aromatic carbocycles. The van der Waals surface area contributed by atoms with Crippen molar-refractivity contribution in [2.75, 3.05) is 18.0 Å². The largest absolute Gasteiger partial charge is 0.351 e. The van der Waals surface area contributed by atoms with E-state index in [1.165, 1.54) is 0 Å². The Morgan fingerprint density at radius 2 is 1.84 bits per heavy atom. The third-order valence-electron chi connectivity index (χ3n) is 5.38. The second-order valence-electron chi connectivity index (χ2n) is 7.49. The number of benzene rings is 1. The first-order valence-electron chi connectivity index (χ1n) is 9.95. The molecule has 0 unspecified atom stereocenters. The highest BCUT2D eigenvalue weighted by molar-refractivity contribution is 9.10. The predicted molar refractivity (Wildman–Crippen MR) is 122 cm³/mol. The van der Waals surface area contributed by atoms with Gasteiger partial charge in [-0.1, -0.05) is 35.9 Å². The first-order valence-corrected chi connectivity index (χ1v) is 10.7. The van der Waals surface area contributed by atoms with Crippen molar-refractivity contribution >= 4 is 38.6 Å². The second-order valence-corrected chi connectivity index (χ2v) is 8.40. The maximum absolute atomic E-state index is 12.6. The van der Waals surface area contributed by atoms with Crippen molar-refractivity contribution in [2.24, 2.45) is 0 Å². The lowest BCUT2D eigenvalue weighted by Crippen LogP contribution is -2.29. The highest BCUT2D eigenvalue weighted by atomic mass is 79.9. The number of hydrogen-bond acceptors (Lipinski definition) is 6. The summed E-state index contributed by atoms with van der Waals surface area (Å²) in [6, 6.07) is 9.54. The number of hydrogen-bond donors (Lipinski definition) is 0. The highest BCUT2D eigenvalue weighted by Crippen LogP contribution is 2.27. The minimum atomic E-state index is -0.0681. The van der Waals surface area contributed by atoms with Crippen LogP contribution in [0.15, 0.2) is 65.8 Å². The summed E-state index contributed by atoms with van der Waals surface area (Å²) in [7, 11) is 0. The smallest absolute Gasteiger partial charge is 0.196 e. The topological polar surface area (TPSA) is 76.3 Å². The Morgan fingerprint density at radius 1 is 1.06 bits per heavy atom. The molecule has 0 bridgehead atoms. The van der Waals surface area contributed by atoms with Crippen molar-refractivity contribution in [1.29, 1.82) is 0 Å². The van der Waals surface area contributed by atoms with E-state index in [0.29, 0.717) is 23.5 Å². The molecule has 8 heteroatoms. The van der Waals surface area contributed by atoms with Gasteiger partial charge in [-0.15, -0.1) is 0 Å². The van der Waals surface area contributed by atoms with Crippen LogP contribution in [0.3, 0.4) is 0 Å². The summed E-state index contributed by atoms with van der Waals surface area (Å²) in [5.41, 5.74) is 4.29. The fourth-order valence-corrected chi connectivity index (χ4v) is 4.09. The number of halogens is 1. The summed E-state index contributed by atoms with van der Waals surface area (Å²) in [6.07, 6.45) is 9.63. The normalized spacial score (nSPS) is 14.0. The van der Waals surface area contributed by atoms with Crippen molar-refractivity contribution in [2.45, 2.75) is 13.3 Å². The van der Waals surface area contributed by atoms with Crippen LogP contribution in [-0.4, -0.2) is 43.4 Å². The number of aryl methyl sites for hydroxylation is 1. The standard InChI is InChI=1S/C23H19BrN6O/c1-15-2-4-16(5-3-15)21(31)18-11-25-22(26-12-18)17-6-8-29(9-7-17)23-20-10-19(24)13-30(20)28-14-27-23/h2-6,10-14H,7-9H2,1H3. The molecule has 1 aliphatic rings. The SMILES string of the molecule is Cc1ccc(C(=O)c2cnc(C3=CCN(c4ncnn5cc(Br)cc45)CC3)nc2)cc1. The minimum Gasteiger partial charge on any atom is -0.351 e. The molecule has 0 saturated heterocycles. The summed E-state index contributed by atoms with van der Waals surface area (Å²) in [6.45, 7) is 3.50. The van der Waals surface area contributed by atoms with E-state index in [9.17, 15) is 4.79 Å².